The molecule has 0 bridgehead atoms. The maximum absolute atomic E-state index is 4.75. The SMILES string of the molecule is CCCN(CC1CCCNC1)c1ncc2ccccc2n1. The molecule has 4 nitrogen and oxygen atoms in total. The summed E-state index contributed by atoms with van der Waals surface area (Å²) in [6.07, 6.45) is 5.65. The highest BCUT2D eigenvalue weighted by molar-refractivity contribution is 5.78. The summed E-state index contributed by atoms with van der Waals surface area (Å²) in [4.78, 5) is 11.7. The van der Waals surface area contributed by atoms with Crippen LogP contribution in [0.3, 0.4) is 0 Å². The molecule has 1 saturated heterocycles. The molecule has 1 aromatic heterocycles. The van der Waals surface area contributed by atoms with Crippen molar-refractivity contribution in [3.05, 3.63) is 30.5 Å². The molecule has 112 valence electrons. The second-order valence-electron chi connectivity index (χ2n) is 5.89. The molecule has 0 spiro atoms. The minimum absolute atomic E-state index is 0.709. The number of hydrogen-bond donors (Lipinski definition) is 1. The van der Waals surface area contributed by atoms with Gasteiger partial charge in [-0.05, 0) is 44.3 Å². The van der Waals surface area contributed by atoms with Crippen LogP contribution in [0.5, 0.6) is 0 Å². The molecule has 0 radical (unpaired) electrons. The van der Waals surface area contributed by atoms with Crippen LogP contribution in [-0.2, 0) is 0 Å². The highest BCUT2D eigenvalue weighted by Crippen LogP contribution is 2.18. The largest absolute Gasteiger partial charge is 0.340 e. The Morgan fingerprint density at radius 2 is 2.24 bits per heavy atom. The van der Waals surface area contributed by atoms with E-state index in [-0.39, 0.29) is 0 Å². The minimum Gasteiger partial charge on any atom is -0.340 e. The number of rotatable bonds is 5. The molecular weight excluding hydrogens is 260 g/mol. The van der Waals surface area contributed by atoms with Crippen molar-refractivity contribution in [3.63, 3.8) is 0 Å². The Morgan fingerprint density at radius 1 is 1.33 bits per heavy atom. The lowest BCUT2D eigenvalue weighted by Crippen LogP contribution is -2.39. The zero-order valence-electron chi connectivity index (χ0n) is 12.8. The molecule has 1 N–H and O–H groups in total. The Bertz CT molecular complexity index is 578. The van der Waals surface area contributed by atoms with Gasteiger partial charge in [0.15, 0.2) is 0 Å². The van der Waals surface area contributed by atoms with Crippen molar-refractivity contribution >= 4 is 16.9 Å². The average Bonchev–Trinajstić information content (AvgIpc) is 2.55. The molecule has 4 heteroatoms. The van der Waals surface area contributed by atoms with Crippen molar-refractivity contribution in [3.8, 4) is 0 Å². The number of hydrogen-bond acceptors (Lipinski definition) is 4. The van der Waals surface area contributed by atoms with Crippen molar-refractivity contribution in [1.82, 2.24) is 15.3 Å². The van der Waals surface area contributed by atoms with Crippen LogP contribution in [0.1, 0.15) is 26.2 Å². The Hall–Kier alpha value is -1.68. The van der Waals surface area contributed by atoms with Gasteiger partial charge in [-0.1, -0.05) is 25.1 Å². The van der Waals surface area contributed by atoms with Gasteiger partial charge in [0.25, 0.3) is 0 Å². The molecule has 1 atom stereocenters. The Labute approximate surface area is 126 Å². The first-order valence-corrected chi connectivity index (χ1v) is 8.04. The Balaban J connectivity index is 1.80. The van der Waals surface area contributed by atoms with Crippen LogP contribution in [0.4, 0.5) is 5.95 Å². The van der Waals surface area contributed by atoms with E-state index < -0.39 is 0 Å². The molecule has 0 amide bonds. The fourth-order valence-corrected chi connectivity index (χ4v) is 3.05. The van der Waals surface area contributed by atoms with Gasteiger partial charge < -0.3 is 10.2 Å². The van der Waals surface area contributed by atoms with Gasteiger partial charge in [0.1, 0.15) is 0 Å². The van der Waals surface area contributed by atoms with Crippen LogP contribution >= 0.6 is 0 Å². The molecule has 1 aromatic carbocycles. The third kappa shape index (κ3) is 3.50. The van der Waals surface area contributed by atoms with Gasteiger partial charge in [-0.3, -0.25) is 0 Å². The fourth-order valence-electron chi connectivity index (χ4n) is 3.05. The normalized spacial score (nSPS) is 18.8. The summed E-state index contributed by atoms with van der Waals surface area (Å²) in [6.45, 7) is 6.58. The molecule has 1 unspecified atom stereocenters. The van der Waals surface area contributed by atoms with E-state index in [1.54, 1.807) is 0 Å². The smallest absolute Gasteiger partial charge is 0.225 e. The maximum Gasteiger partial charge on any atom is 0.225 e. The highest BCUT2D eigenvalue weighted by Gasteiger charge is 2.18. The summed E-state index contributed by atoms with van der Waals surface area (Å²) in [5.74, 6) is 1.58. The number of anilines is 1. The van der Waals surface area contributed by atoms with E-state index in [4.69, 9.17) is 4.98 Å². The molecule has 1 aliphatic heterocycles. The maximum atomic E-state index is 4.75. The molecule has 2 heterocycles. The van der Waals surface area contributed by atoms with E-state index >= 15 is 0 Å². The predicted molar refractivity (Wildman–Crippen MR) is 87.6 cm³/mol. The van der Waals surface area contributed by atoms with Gasteiger partial charge in [-0.15, -0.1) is 0 Å². The van der Waals surface area contributed by atoms with Gasteiger partial charge in [0.05, 0.1) is 5.52 Å². The monoisotopic (exact) mass is 284 g/mol. The molecule has 1 fully saturated rings. The molecule has 2 aromatic rings. The van der Waals surface area contributed by atoms with Crippen molar-refractivity contribution in [2.75, 3.05) is 31.1 Å². The molecule has 0 saturated carbocycles. The minimum atomic E-state index is 0.709. The van der Waals surface area contributed by atoms with E-state index in [0.717, 1.165) is 49.5 Å². The van der Waals surface area contributed by atoms with Crippen molar-refractivity contribution < 1.29 is 0 Å². The summed E-state index contributed by atoms with van der Waals surface area (Å²) in [5.41, 5.74) is 1.03. The number of para-hydroxylation sites is 1. The average molecular weight is 284 g/mol. The second kappa shape index (κ2) is 6.85. The number of fused-ring (bicyclic) bond motifs is 1. The number of aromatic nitrogens is 2. The van der Waals surface area contributed by atoms with Gasteiger partial charge in [-0.25, -0.2) is 9.97 Å². The molecular formula is C17H24N4. The van der Waals surface area contributed by atoms with Gasteiger partial charge in [0, 0.05) is 24.7 Å². The zero-order chi connectivity index (χ0) is 14.5. The second-order valence-corrected chi connectivity index (χ2v) is 5.89. The summed E-state index contributed by atoms with van der Waals surface area (Å²) < 4.78 is 0. The van der Waals surface area contributed by atoms with Gasteiger partial charge >= 0.3 is 0 Å². The zero-order valence-corrected chi connectivity index (χ0v) is 12.8. The predicted octanol–water partition coefficient (Wildman–Crippen LogP) is 2.85. The van der Waals surface area contributed by atoms with Crippen molar-refractivity contribution in [2.24, 2.45) is 5.92 Å². The van der Waals surface area contributed by atoms with Gasteiger partial charge in [-0.2, -0.15) is 0 Å². The quantitative estimate of drug-likeness (QED) is 0.916. The lowest BCUT2D eigenvalue weighted by molar-refractivity contribution is 0.375. The van der Waals surface area contributed by atoms with Crippen LogP contribution in [0.25, 0.3) is 10.9 Å². The number of benzene rings is 1. The van der Waals surface area contributed by atoms with E-state index in [2.05, 4.69) is 34.3 Å². The summed E-state index contributed by atoms with van der Waals surface area (Å²) >= 11 is 0. The Morgan fingerprint density at radius 3 is 3.05 bits per heavy atom. The van der Waals surface area contributed by atoms with Crippen molar-refractivity contribution in [2.45, 2.75) is 26.2 Å². The standard InChI is InChI=1S/C17H24N4/c1-2-10-21(13-14-6-5-9-18-11-14)17-19-12-15-7-3-4-8-16(15)20-17/h3-4,7-8,12,14,18H,2,5-6,9-11,13H2,1H3. The summed E-state index contributed by atoms with van der Waals surface area (Å²) in [5, 5.41) is 4.60. The number of nitrogens with one attached hydrogen (secondary N) is 1. The van der Waals surface area contributed by atoms with Crippen LogP contribution in [-0.4, -0.2) is 36.1 Å². The van der Waals surface area contributed by atoms with E-state index in [1.807, 2.05) is 18.3 Å². The molecule has 21 heavy (non-hydrogen) atoms. The van der Waals surface area contributed by atoms with E-state index in [9.17, 15) is 0 Å². The lowest BCUT2D eigenvalue weighted by Gasteiger charge is -2.30. The highest BCUT2D eigenvalue weighted by atomic mass is 15.2. The molecule has 1 aliphatic rings. The van der Waals surface area contributed by atoms with Crippen LogP contribution in [0.15, 0.2) is 30.5 Å². The third-order valence-corrected chi connectivity index (χ3v) is 4.13. The van der Waals surface area contributed by atoms with E-state index in [1.165, 1.54) is 12.8 Å². The summed E-state index contributed by atoms with van der Waals surface area (Å²) in [7, 11) is 0. The molecule has 0 aliphatic carbocycles. The fraction of sp³-hybridized carbons (Fsp3) is 0.529. The lowest BCUT2D eigenvalue weighted by atomic mass is 9.99. The van der Waals surface area contributed by atoms with Crippen LogP contribution in [0.2, 0.25) is 0 Å². The van der Waals surface area contributed by atoms with Crippen LogP contribution < -0.4 is 10.2 Å². The summed E-state index contributed by atoms with van der Waals surface area (Å²) in [6, 6.07) is 8.19. The van der Waals surface area contributed by atoms with Crippen molar-refractivity contribution in [1.29, 1.82) is 0 Å². The number of piperidine rings is 1. The third-order valence-electron chi connectivity index (χ3n) is 4.13. The number of nitrogens with zero attached hydrogens (tertiary/aromatic N) is 3. The van der Waals surface area contributed by atoms with Crippen LogP contribution in [0, 0.1) is 5.92 Å². The first-order valence-electron chi connectivity index (χ1n) is 8.04. The first kappa shape index (κ1) is 14.3. The van der Waals surface area contributed by atoms with E-state index in [0.29, 0.717) is 5.92 Å². The first-order chi connectivity index (χ1) is 10.4. The topological polar surface area (TPSA) is 41.0 Å². The van der Waals surface area contributed by atoms with Gasteiger partial charge in [0.2, 0.25) is 5.95 Å². The Kier molecular flexibility index (Phi) is 4.65. The molecule has 3 rings (SSSR count).